The molecule has 0 radical (unpaired) electrons. The standard InChI is InChI=1S/C21H19N3O6/c1-30-20(28)16(24-18(26)14-9-5-6-10-15(14)19(24)27)11-17(25)23-21(29)22-12-13-7-3-2-4-8-13/h2-10,16H,11-12H2,1H3,(H2,22,23,25,29). The summed E-state index contributed by atoms with van der Waals surface area (Å²) in [6.45, 7) is 0.193. The van der Waals surface area contributed by atoms with Crippen LogP contribution < -0.4 is 10.6 Å². The highest BCUT2D eigenvalue weighted by molar-refractivity contribution is 6.23. The van der Waals surface area contributed by atoms with Gasteiger partial charge in [-0.3, -0.25) is 24.6 Å². The van der Waals surface area contributed by atoms with Crippen LogP contribution in [0.25, 0.3) is 0 Å². The molecule has 0 aliphatic carbocycles. The molecule has 2 aromatic rings. The van der Waals surface area contributed by atoms with E-state index in [0.717, 1.165) is 12.7 Å². The van der Waals surface area contributed by atoms with Crippen molar-refractivity contribution < 1.29 is 28.7 Å². The number of carbonyl (C=O) groups is 5. The second kappa shape index (κ2) is 8.99. The molecular weight excluding hydrogens is 390 g/mol. The molecule has 1 aliphatic heterocycles. The number of carbonyl (C=O) groups excluding carboxylic acids is 5. The van der Waals surface area contributed by atoms with E-state index in [0.29, 0.717) is 4.90 Å². The number of methoxy groups -OCH3 is 1. The average Bonchev–Trinajstić information content (AvgIpc) is 3.01. The third kappa shape index (κ3) is 4.35. The second-order valence-corrected chi connectivity index (χ2v) is 6.49. The highest BCUT2D eigenvalue weighted by Gasteiger charge is 2.44. The van der Waals surface area contributed by atoms with Gasteiger partial charge in [-0.15, -0.1) is 0 Å². The SMILES string of the molecule is COC(=O)C(CC(=O)NC(=O)NCc1ccccc1)N1C(=O)c2ccccc2C1=O. The molecule has 5 amide bonds. The predicted octanol–water partition coefficient (Wildman–Crippen LogP) is 1.24. The lowest BCUT2D eigenvalue weighted by molar-refractivity contribution is -0.147. The van der Waals surface area contributed by atoms with Crippen molar-refractivity contribution >= 4 is 29.7 Å². The number of nitrogens with one attached hydrogen (secondary N) is 2. The Morgan fingerprint density at radius 3 is 2.07 bits per heavy atom. The lowest BCUT2D eigenvalue weighted by Gasteiger charge is -2.23. The van der Waals surface area contributed by atoms with Crippen LogP contribution >= 0.6 is 0 Å². The molecule has 0 bridgehead atoms. The van der Waals surface area contributed by atoms with Crippen molar-refractivity contribution in [3.63, 3.8) is 0 Å². The van der Waals surface area contributed by atoms with E-state index in [9.17, 15) is 24.0 Å². The zero-order valence-corrected chi connectivity index (χ0v) is 16.1. The van der Waals surface area contributed by atoms with E-state index in [1.165, 1.54) is 12.1 Å². The molecule has 2 aromatic carbocycles. The predicted molar refractivity (Wildman–Crippen MR) is 104 cm³/mol. The number of fused-ring (bicyclic) bond motifs is 1. The van der Waals surface area contributed by atoms with E-state index in [1.54, 1.807) is 24.3 Å². The second-order valence-electron chi connectivity index (χ2n) is 6.49. The number of nitrogens with zero attached hydrogens (tertiary/aromatic N) is 1. The summed E-state index contributed by atoms with van der Waals surface area (Å²) in [6.07, 6.45) is -0.614. The first-order valence-electron chi connectivity index (χ1n) is 9.08. The van der Waals surface area contributed by atoms with Crippen LogP contribution in [0.15, 0.2) is 54.6 Å². The molecule has 1 heterocycles. The molecular formula is C21H19N3O6. The molecule has 0 saturated carbocycles. The molecule has 154 valence electrons. The fourth-order valence-electron chi connectivity index (χ4n) is 3.08. The van der Waals surface area contributed by atoms with Crippen molar-refractivity contribution in [3.05, 3.63) is 71.3 Å². The fraction of sp³-hybridized carbons (Fsp3) is 0.190. The Hall–Kier alpha value is -4.01. The molecule has 1 atom stereocenters. The number of esters is 1. The Balaban J connectivity index is 1.66. The van der Waals surface area contributed by atoms with Crippen molar-refractivity contribution in [2.75, 3.05) is 7.11 Å². The maximum Gasteiger partial charge on any atom is 0.329 e. The van der Waals surface area contributed by atoms with Gasteiger partial charge in [-0.1, -0.05) is 42.5 Å². The van der Waals surface area contributed by atoms with E-state index in [2.05, 4.69) is 15.4 Å². The Kier molecular flexibility index (Phi) is 6.21. The number of ether oxygens (including phenoxy) is 1. The van der Waals surface area contributed by atoms with Crippen LogP contribution in [0.1, 0.15) is 32.7 Å². The number of amides is 5. The van der Waals surface area contributed by atoms with Crippen molar-refractivity contribution in [2.24, 2.45) is 0 Å². The van der Waals surface area contributed by atoms with E-state index in [1.807, 2.05) is 18.2 Å². The maximum atomic E-state index is 12.6. The topological polar surface area (TPSA) is 122 Å². The third-order valence-electron chi connectivity index (χ3n) is 4.54. The van der Waals surface area contributed by atoms with Crippen LogP contribution in [-0.2, 0) is 20.9 Å². The number of hydrogen-bond donors (Lipinski definition) is 2. The lowest BCUT2D eigenvalue weighted by Crippen LogP contribution is -2.49. The number of benzene rings is 2. The van der Waals surface area contributed by atoms with Gasteiger partial charge >= 0.3 is 12.0 Å². The fourth-order valence-corrected chi connectivity index (χ4v) is 3.08. The molecule has 1 aliphatic rings. The first kappa shape index (κ1) is 20.7. The van der Waals surface area contributed by atoms with Crippen LogP contribution in [0.5, 0.6) is 0 Å². The first-order valence-corrected chi connectivity index (χ1v) is 9.08. The van der Waals surface area contributed by atoms with Crippen LogP contribution in [0.4, 0.5) is 4.79 Å². The van der Waals surface area contributed by atoms with Crippen LogP contribution in [-0.4, -0.2) is 47.8 Å². The highest BCUT2D eigenvalue weighted by atomic mass is 16.5. The number of hydrogen-bond acceptors (Lipinski definition) is 6. The summed E-state index contributed by atoms with van der Waals surface area (Å²) in [5.41, 5.74) is 1.10. The Morgan fingerprint density at radius 1 is 0.933 bits per heavy atom. The number of rotatable bonds is 6. The van der Waals surface area contributed by atoms with E-state index < -0.39 is 42.2 Å². The summed E-state index contributed by atoms with van der Waals surface area (Å²) in [5, 5.41) is 4.60. The van der Waals surface area contributed by atoms with Gasteiger partial charge in [0.2, 0.25) is 5.91 Å². The Morgan fingerprint density at radius 2 is 1.50 bits per heavy atom. The van der Waals surface area contributed by atoms with Gasteiger partial charge in [0.15, 0.2) is 0 Å². The van der Waals surface area contributed by atoms with Crippen molar-refractivity contribution in [2.45, 2.75) is 19.0 Å². The summed E-state index contributed by atoms with van der Waals surface area (Å²) in [6, 6.07) is 12.9. The minimum atomic E-state index is -1.50. The molecule has 3 rings (SSSR count). The highest BCUT2D eigenvalue weighted by Crippen LogP contribution is 2.26. The maximum absolute atomic E-state index is 12.6. The molecule has 30 heavy (non-hydrogen) atoms. The number of imide groups is 2. The lowest BCUT2D eigenvalue weighted by atomic mass is 10.1. The van der Waals surface area contributed by atoms with Gasteiger partial charge < -0.3 is 10.1 Å². The van der Waals surface area contributed by atoms with E-state index in [4.69, 9.17) is 0 Å². The summed E-state index contributed by atoms with van der Waals surface area (Å²) < 4.78 is 4.67. The largest absolute Gasteiger partial charge is 0.467 e. The van der Waals surface area contributed by atoms with Gasteiger partial charge in [0.05, 0.1) is 24.7 Å². The summed E-state index contributed by atoms with van der Waals surface area (Å²) >= 11 is 0. The third-order valence-corrected chi connectivity index (χ3v) is 4.54. The smallest absolute Gasteiger partial charge is 0.329 e. The molecule has 2 N–H and O–H groups in total. The van der Waals surface area contributed by atoms with Gasteiger partial charge in [0.25, 0.3) is 11.8 Å². The van der Waals surface area contributed by atoms with Crippen molar-refractivity contribution in [1.29, 1.82) is 0 Å². The molecule has 0 fully saturated rings. The van der Waals surface area contributed by atoms with E-state index in [-0.39, 0.29) is 17.7 Å². The van der Waals surface area contributed by atoms with Gasteiger partial charge in [0, 0.05) is 6.54 Å². The van der Waals surface area contributed by atoms with Crippen molar-refractivity contribution in [3.8, 4) is 0 Å². The average molecular weight is 409 g/mol. The van der Waals surface area contributed by atoms with Gasteiger partial charge in [-0.2, -0.15) is 0 Å². The zero-order valence-electron chi connectivity index (χ0n) is 16.1. The van der Waals surface area contributed by atoms with Crippen LogP contribution in [0.2, 0.25) is 0 Å². The minimum Gasteiger partial charge on any atom is -0.467 e. The van der Waals surface area contributed by atoms with Gasteiger partial charge in [-0.25, -0.2) is 9.59 Å². The molecule has 1 unspecified atom stereocenters. The molecule has 0 aromatic heterocycles. The van der Waals surface area contributed by atoms with Crippen molar-refractivity contribution in [1.82, 2.24) is 15.5 Å². The zero-order chi connectivity index (χ0) is 21.7. The first-order chi connectivity index (χ1) is 14.4. The Labute approximate surface area is 172 Å². The monoisotopic (exact) mass is 409 g/mol. The molecule has 0 saturated heterocycles. The quantitative estimate of drug-likeness (QED) is 0.547. The normalized spacial score (nSPS) is 13.4. The summed E-state index contributed by atoms with van der Waals surface area (Å²) in [5.74, 6) is -3.18. The summed E-state index contributed by atoms with van der Waals surface area (Å²) in [7, 11) is 1.08. The molecule has 9 nitrogen and oxygen atoms in total. The summed E-state index contributed by atoms with van der Waals surface area (Å²) in [4.78, 5) is 62.4. The van der Waals surface area contributed by atoms with Crippen LogP contribution in [0.3, 0.4) is 0 Å². The Bertz CT molecular complexity index is 970. The molecule has 9 heteroatoms. The van der Waals surface area contributed by atoms with Gasteiger partial charge in [-0.05, 0) is 17.7 Å². The minimum absolute atomic E-state index is 0.136. The van der Waals surface area contributed by atoms with Crippen LogP contribution in [0, 0.1) is 0 Å². The number of urea groups is 1. The molecule has 0 spiro atoms. The van der Waals surface area contributed by atoms with E-state index >= 15 is 0 Å². The van der Waals surface area contributed by atoms with Gasteiger partial charge in [0.1, 0.15) is 6.04 Å².